The molecule has 0 saturated heterocycles. The lowest BCUT2D eigenvalue weighted by atomic mass is 9.97. The van der Waals surface area contributed by atoms with Crippen molar-refractivity contribution in [2.24, 2.45) is 0 Å². The van der Waals surface area contributed by atoms with Crippen molar-refractivity contribution < 1.29 is 47.3 Å². The number of carbonyl (C=O) groups is 4. The Kier molecular flexibility index (Phi) is 19.6. The van der Waals surface area contributed by atoms with Crippen LogP contribution < -0.4 is 31.7 Å². The zero-order valence-corrected chi connectivity index (χ0v) is 40.2. The van der Waals surface area contributed by atoms with E-state index in [1.54, 1.807) is 104 Å². The lowest BCUT2D eigenvalue weighted by Crippen LogP contribution is -2.44. The Labute approximate surface area is 398 Å². The van der Waals surface area contributed by atoms with Gasteiger partial charge in [-0.1, -0.05) is 35.5 Å². The van der Waals surface area contributed by atoms with Crippen LogP contribution in [0.1, 0.15) is 71.2 Å². The molecular formula is C46H56ClN9O10S. The molecule has 3 unspecified atom stereocenters. The number of hydrogen-bond donors (Lipinski definition) is 5. The number of rotatable bonds is 21. The third-order valence-corrected chi connectivity index (χ3v) is 10.4. The molecule has 67 heavy (non-hydrogen) atoms. The van der Waals surface area contributed by atoms with Gasteiger partial charge in [0.1, 0.15) is 77.1 Å². The third-order valence-electron chi connectivity index (χ3n) is 9.16. The minimum absolute atomic E-state index is 0.00991. The van der Waals surface area contributed by atoms with Crippen LogP contribution in [0.25, 0.3) is 22.6 Å². The van der Waals surface area contributed by atoms with Crippen LogP contribution in [-0.4, -0.2) is 104 Å². The Morgan fingerprint density at radius 1 is 0.791 bits per heavy atom. The van der Waals surface area contributed by atoms with E-state index in [0.717, 1.165) is 5.56 Å². The Morgan fingerprint density at radius 3 is 1.88 bits per heavy atom. The molecule has 3 atom stereocenters. The lowest BCUT2D eigenvalue weighted by Gasteiger charge is -2.24. The van der Waals surface area contributed by atoms with E-state index in [-0.39, 0.29) is 65.8 Å². The van der Waals surface area contributed by atoms with Gasteiger partial charge in [-0.3, -0.25) is 9.59 Å². The zero-order valence-electron chi connectivity index (χ0n) is 38.6. The standard InChI is InChI=1S/C46H56ClN9O10S/c1-45(2,3)65-43(59)53-19-17-35(51-7)41(57)63-25-32(64-42(58)36(52-8)18-20-54-44(60)66-46(4,5)6)24-61-31-15-11-27(12-16-31)37-33(21-48)38(50)56-40(34(37)22-49)67-26-30-23-62-39(55-30)28-9-13-29(47)14-10-28/h9-16,23,32,35-36,51-52H,17-20,24-26H2,1-8H3,(H2,50,56)(H,53,59)(H,54,60). The third kappa shape index (κ3) is 17.0. The average Bonchev–Trinajstić information content (AvgIpc) is 3.74. The molecule has 0 aliphatic heterocycles. The minimum Gasteiger partial charge on any atom is -0.490 e. The molecule has 6 N–H and O–H groups in total. The van der Waals surface area contributed by atoms with Gasteiger partial charge in [-0.2, -0.15) is 10.5 Å². The highest BCUT2D eigenvalue weighted by Crippen LogP contribution is 2.37. The molecule has 19 nitrogen and oxygen atoms in total. The van der Waals surface area contributed by atoms with Gasteiger partial charge in [0.05, 0.1) is 11.3 Å². The van der Waals surface area contributed by atoms with Crippen molar-refractivity contribution in [2.75, 3.05) is 46.1 Å². The summed E-state index contributed by atoms with van der Waals surface area (Å²) in [5.41, 5.74) is 7.05. The summed E-state index contributed by atoms with van der Waals surface area (Å²) in [5.74, 6) is -0.477. The van der Waals surface area contributed by atoms with E-state index in [1.807, 2.05) is 0 Å². The first-order chi connectivity index (χ1) is 31.7. The molecule has 0 fully saturated rings. The Morgan fingerprint density at radius 2 is 1.34 bits per heavy atom. The number of likely N-dealkylation sites (N-methyl/N-ethyl adjacent to an activating group) is 2. The summed E-state index contributed by atoms with van der Waals surface area (Å²) in [7, 11) is 3.11. The minimum atomic E-state index is -1.12. The number of anilines is 1. The first-order valence-electron chi connectivity index (χ1n) is 21.1. The van der Waals surface area contributed by atoms with Crippen LogP contribution in [0, 0.1) is 22.7 Å². The molecule has 2 amide bonds. The number of thioether (sulfide) groups is 1. The number of amides is 2. The number of nitrogens with one attached hydrogen (secondary N) is 4. The number of nitrogens with zero attached hydrogens (tertiary/aromatic N) is 4. The highest BCUT2D eigenvalue weighted by atomic mass is 35.5. The molecule has 21 heteroatoms. The fraction of sp³-hybridized carbons (Fsp3) is 0.435. The predicted molar refractivity (Wildman–Crippen MR) is 250 cm³/mol. The van der Waals surface area contributed by atoms with Gasteiger partial charge in [0.2, 0.25) is 5.89 Å². The molecule has 0 saturated carbocycles. The van der Waals surface area contributed by atoms with Gasteiger partial charge in [-0.25, -0.2) is 19.6 Å². The van der Waals surface area contributed by atoms with Crippen LogP contribution >= 0.6 is 23.4 Å². The second-order valence-electron chi connectivity index (χ2n) is 16.7. The summed E-state index contributed by atoms with van der Waals surface area (Å²) in [5, 5.41) is 32.3. The number of nitrogen functional groups attached to an aromatic ring is 1. The Balaban J connectivity index is 1.49. The van der Waals surface area contributed by atoms with Crippen LogP contribution in [0.2, 0.25) is 5.02 Å². The molecule has 2 heterocycles. The van der Waals surface area contributed by atoms with Crippen molar-refractivity contribution >= 4 is 53.3 Å². The van der Waals surface area contributed by atoms with Gasteiger partial charge in [0, 0.05) is 35.0 Å². The number of halogens is 1. The van der Waals surface area contributed by atoms with E-state index in [0.29, 0.717) is 27.9 Å². The van der Waals surface area contributed by atoms with Gasteiger partial charge in [-0.15, -0.1) is 0 Å². The summed E-state index contributed by atoms with van der Waals surface area (Å²) in [6, 6.07) is 16.0. The number of aromatic nitrogens is 2. The van der Waals surface area contributed by atoms with E-state index in [4.69, 9.17) is 45.4 Å². The second-order valence-corrected chi connectivity index (χ2v) is 18.1. The maximum absolute atomic E-state index is 13.4. The fourth-order valence-electron chi connectivity index (χ4n) is 6.00. The van der Waals surface area contributed by atoms with Crippen molar-refractivity contribution in [3.63, 3.8) is 0 Å². The van der Waals surface area contributed by atoms with Gasteiger partial charge in [0.25, 0.3) is 0 Å². The van der Waals surface area contributed by atoms with Crippen molar-refractivity contribution in [1.29, 1.82) is 10.5 Å². The fourth-order valence-corrected chi connectivity index (χ4v) is 7.00. The SMILES string of the molecule is CNC(CCNC(=O)OC(C)(C)C)C(=O)OCC(COc1ccc(-c2c(C#N)c(N)nc(SCc3coc(-c4ccc(Cl)cc4)n3)c2C#N)cc1)OC(=O)C(CCNC(=O)OC(C)(C)C)NC. The van der Waals surface area contributed by atoms with E-state index in [9.17, 15) is 29.7 Å². The Hall–Kier alpha value is -6.58. The molecule has 0 aliphatic carbocycles. The molecule has 0 aliphatic rings. The summed E-state index contributed by atoms with van der Waals surface area (Å²) < 4.78 is 33.6. The number of esters is 2. The summed E-state index contributed by atoms with van der Waals surface area (Å²) in [6.45, 7) is 9.89. The number of carbonyl (C=O) groups excluding carboxylic acids is 4. The van der Waals surface area contributed by atoms with Gasteiger partial charge < -0.3 is 55.1 Å². The summed E-state index contributed by atoms with van der Waals surface area (Å²) in [4.78, 5) is 59.9. The number of nitriles is 2. The van der Waals surface area contributed by atoms with E-state index in [1.165, 1.54) is 18.0 Å². The van der Waals surface area contributed by atoms with Crippen molar-refractivity contribution in [3.05, 3.63) is 76.6 Å². The number of hydrogen-bond acceptors (Lipinski definition) is 18. The van der Waals surface area contributed by atoms with Crippen LogP contribution in [-0.2, 0) is 34.3 Å². The van der Waals surface area contributed by atoms with E-state index >= 15 is 0 Å². The number of benzene rings is 2. The average molecular weight is 963 g/mol. The van der Waals surface area contributed by atoms with Crippen LogP contribution in [0.5, 0.6) is 5.75 Å². The number of alkyl carbamates (subject to hydrolysis) is 2. The topological polar surface area (TPSA) is 275 Å². The molecule has 0 spiro atoms. The molecule has 2 aromatic carbocycles. The molecule has 358 valence electrons. The summed E-state index contributed by atoms with van der Waals surface area (Å²) in [6.07, 6.45) is -0.604. The molecule has 2 aromatic heterocycles. The van der Waals surface area contributed by atoms with Crippen LogP contribution in [0.3, 0.4) is 0 Å². The maximum Gasteiger partial charge on any atom is 0.407 e. The van der Waals surface area contributed by atoms with E-state index < -0.39 is 60.1 Å². The quantitative estimate of drug-likeness (QED) is 0.0338. The number of nitrogens with two attached hydrogens (primary N) is 1. The van der Waals surface area contributed by atoms with Crippen molar-refractivity contribution in [1.82, 2.24) is 31.2 Å². The first-order valence-corrected chi connectivity index (χ1v) is 22.5. The lowest BCUT2D eigenvalue weighted by molar-refractivity contribution is -0.163. The summed E-state index contributed by atoms with van der Waals surface area (Å²) >= 11 is 7.21. The van der Waals surface area contributed by atoms with Gasteiger partial charge >= 0.3 is 24.1 Å². The molecule has 4 rings (SSSR count). The predicted octanol–water partition coefficient (Wildman–Crippen LogP) is 6.51. The highest BCUT2D eigenvalue weighted by molar-refractivity contribution is 7.98. The van der Waals surface area contributed by atoms with Crippen LogP contribution in [0.15, 0.2) is 64.2 Å². The number of ether oxygens (including phenoxy) is 5. The van der Waals surface area contributed by atoms with Crippen molar-refractivity contribution in [2.45, 2.75) is 94.6 Å². The first kappa shape index (κ1) is 53.0. The molecule has 0 radical (unpaired) electrons. The van der Waals surface area contributed by atoms with Crippen molar-refractivity contribution in [3.8, 4) is 40.5 Å². The largest absolute Gasteiger partial charge is 0.490 e. The second kappa shape index (κ2) is 24.8. The van der Waals surface area contributed by atoms with Gasteiger partial charge in [0.15, 0.2) is 6.10 Å². The monoisotopic (exact) mass is 961 g/mol. The normalized spacial score (nSPS) is 12.6. The van der Waals surface area contributed by atoms with E-state index in [2.05, 4.69) is 43.4 Å². The maximum atomic E-state index is 13.4. The highest BCUT2D eigenvalue weighted by Gasteiger charge is 2.28. The zero-order chi connectivity index (χ0) is 49.3. The molecule has 0 bridgehead atoms. The smallest absolute Gasteiger partial charge is 0.407 e. The number of oxazole rings is 1. The molecule has 4 aromatic rings. The number of pyridine rings is 1. The Bertz CT molecular complexity index is 2410. The van der Waals surface area contributed by atoms with Gasteiger partial charge in [-0.05, 0) is 110 Å². The van der Waals surface area contributed by atoms with Crippen LogP contribution in [0.4, 0.5) is 15.4 Å². The molecular weight excluding hydrogens is 906 g/mol.